The molecule has 0 unspecified atom stereocenters. The van der Waals surface area contributed by atoms with Crippen LogP contribution in [0, 0.1) is 34.6 Å². The molecule has 2 aliphatic rings. The van der Waals surface area contributed by atoms with Gasteiger partial charge in [0.25, 0.3) is 0 Å². The molecule has 0 fully saturated rings. The Balaban J connectivity index is 0.894. The summed E-state index contributed by atoms with van der Waals surface area (Å²) in [6, 6.07) is 13.9. The third-order valence-corrected chi connectivity index (χ3v) is 13.7. The van der Waals surface area contributed by atoms with Crippen LogP contribution in [0.4, 0.5) is 0 Å². The topological polar surface area (TPSA) is 160 Å². The highest BCUT2D eigenvalue weighted by atomic mass is 35.5. The fourth-order valence-corrected chi connectivity index (χ4v) is 10.2. The Bertz CT molecular complexity index is 2680. The molecule has 0 bridgehead atoms. The van der Waals surface area contributed by atoms with Crippen LogP contribution in [0.2, 0.25) is 10.0 Å². The van der Waals surface area contributed by atoms with E-state index >= 15 is 0 Å². The third kappa shape index (κ3) is 8.57. The predicted octanol–water partition coefficient (Wildman–Crippen LogP) is 7.91. The van der Waals surface area contributed by atoms with Crippen molar-refractivity contribution in [2.75, 3.05) is 33.5 Å². The predicted molar refractivity (Wildman–Crippen MR) is 237 cm³/mol. The molecule has 8 rings (SSSR count). The van der Waals surface area contributed by atoms with Gasteiger partial charge in [0.15, 0.2) is 11.6 Å². The van der Waals surface area contributed by atoms with Crippen molar-refractivity contribution >= 4 is 69.2 Å². The number of methoxy groups -OCH3 is 1. The van der Waals surface area contributed by atoms with Gasteiger partial charge in [-0.3, -0.25) is 28.7 Å². The number of nitrogens with one attached hydrogen (secondary N) is 1. The summed E-state index contributed by atoms with van der Waals surface area (Å²) in [6.45, 7) is 11.7. The van der Waals surface area contributed by atoms with Gasteiger partial charge < -0.3 is 19.5 Å². The van der Waals surface area contributed by atoms with Crippen molar-refractivity contribution in [2.24, 2.45) is 9.98 Å². The number of carbonyl (C=O) groups excluding carboxylic acids is 2. The Morgan fingerprint density at radius 2 is 1.21 bits per heavy atom. The maximum absolute atomic E-state index is 13.4. The number of hydrogen-bond acceptors (Lipinski definition) is 13. The first-order valence-electron chi connectivity index (χ1n) is 19.7. The van der Waals surface area contributed by atoms with E-state index in [0.29, 0.717) is 60.5 Å². The molecule has 0 radical (unpaired) electrons. The van der Waals surface area contributed by atoms with Gasteiger partial charge in [-0.05, 0) is 70.0 Å². The molecule has 2 atom stereocenters. The summed E-state index contributed by atoms with van der Waals surface area (Å²) < 4.78 is 21.0. The smallest absolute Gasteiger partial charge is 0.308 e. The first-order chi connectivity index (χ1) is 29.4. The van der Waals surface area contributed by atoms with Crippen molar-refractivity contribution in [3.63, 3.8) is 0 Å². The molecule has 61 heavy (non-hydrogen) atoms. The van der Waals surface area contributed by atoms with E-state index in [1.54, 1.807) is 22.7 Å². The summed E-state index contributed by atoms with van der Waals surface area (Å²) in [5.74, 6) is 2.03. The number of fused-ring (bicyclic) bond motifs is 6. The number of carbonyl (C=O) groups is 2. The minimum Gasteiger partial charge on any atom is -0.469 e. The van der Waals surface area contributed by atoms with Crippen LogP contribution < -0.4 is 5.32 Å². The van der Waals surface area contributed by atoms with E-state index in [1.165, 1.54) is 12.0 Å². The van der Waals surface area contributed by atoms with Crippen molar-refractivity contribution < 1.29 is 23.8 Å². The molecule has 0 aliphatic carbocycles. The number of benzene rings is 2. The molecule has 2 aromatic carbocycles. The fourth-order valence-electron chi connectivity index (χ4n) is 7.47. The van der Waals surface area contributed by atoms with Crippen LogP contribution in [0.3, 0.4) is 0 Å². The quantitative estimate of drug-likeness (QED) is 0.0847. The Hall–Kier alpha value is -5.10. The number of hydrogen-bond donors (Lipinski definition) is 1. The van der Waals surface area contributed by atoms with E-state index in [2.05, 4.69) is 39.6 Å². The van der Waals surface area contributed by atoms with Crippen LogP contribution in [0.5, 0.6) is 0 Å². The maximum atomic E-state index is 13.4. The number of esters is 1. The summed E-state index contributed by atoms with van der Waals surface area (Å²) in [5, 5.41) is 23.8. The lowest BCUT2D eigenvalue weighted by molar-refractivity contribution is -0.141. The van der Waals surface area contributed by atoms with E-state index < -0.39 is 18.1 Å². The molecule has 14 nitrogen and oxygen atoms in total. The van der Waals surface area contributed by atoms with Crippen LogP contribution in [-0.4, -0.2) is 86.3 Å². The van der Waals surface area contributed by atoms with E-state index in [0.717, 1.165) is 65.5 Å². The number of aromatic nitrogens is 6. The van der Waals surface area contributed by atoms with E-state index in [4.69, 9.17) is 47.4 Å². The van der Waals surface area contributed by atoms with Gasteiger partial charge in [0, 0.05) is 48.6 Å². The van der Waals surface area contributed by atoms with Gasteiger partial charge in [-0.1, -0.05) is 47.5 Å². The van der Waals surface area contributed by atoms with Crippen LogP contribution in [0.25, 0.3) is 10.0 Å². The molecule has 4 aromatic heterocycles. The molecule has 6 aromatic rings. The molecule has 0 saturated heterocycles. The minimum atomic E-state index is -0.604. The van der Waals surface area contributed by atoms with Gasteiger partial charge in [0.2, 0.25) is 5.91 Å². The average molecular weight is 901 g/mol. The van der Waals surface area contributed by atoms with Gasteiger partial charge in [0.1, 0.15) is 33.7 Å². The normalized spacial score (nSPS) is 15.5. The Morgan fingerprint density at radius 1 is 0.689 bits per heavy atom. The third-order valence-electron chi connectivity index (χ3n) is 10.7. The second-order valence-electron chi connectivity index (χ2n) is 14.7. The number of rotatable bonds is 14. The van der Waals surface area contributed by atoms with Gasteiger partial charge >= 0.3 is 5.97 Å². The lowest BCUT2D eigenvalue weighted by Crippen LogP contribution is -2.29. The molecule has 0 spiro atoms. The zero-order valence-electron chi connectivity index (χ0n) is 34.4. The molecule has 18 heteroatoms. The van der Waals surface area contributed by atoms with Crippen LogP contribution in [0.1, 0.15) is 91.4 Å². The fraction of sp³-hybridized carbons (Fsp3) is 0.349. The Labute approximate surface area is 370 Å². The van der Waals surface area contributed by atoms with Gasteiger partial charge in [0.05, 0.1) is 57.8 Å². The van der Waals surface area contributed by atoms with Crippen molar-refractivity contribution in [3.8, 4) is 10.0 Å². The largest absolute Gasteiger partial charge is 0.469 e. The van der Waals surface area contributed by atoms with Gasteiger partial charge in [-0.2, -0.15) is 0 Å². The molecule has 0 saturated carbocycles. The van der Waals surface area contributed by atoms with Crippen LogP contribution >= 0.6 is 45.9 Å². The second kappa shape index (κ2) is 18.1. The van der Waals surface area contributed by atoms with Gasteiger partial charge in [-0.25, -0.2) is 0 Å². The number of thiophene rings is 2. The Morgan fingerprint density at radius 3 is 1.79 bits per heavy atom. The Kier molecular flexibility index (Phi) is 12.6. The molecular weight excluding hydrogens is 858 g/mol. The highest BCUT2D eigenvalue weighted by molar-refractivity contribution is 7.15. The van der Waals surface area contributed by atoms with Gasteiger partial charge in [-0.15, -0.1) is 43.1 Å². The highest BCUT2D eigenvalue weighted by Gasteiger charge is 2.34. The van der Waals surface area contributed by atoms with Crippen LogP contribution in [0.15, 0.2) is 58.5 Å². The summed E-state index contributed by atoms with van der Waals surface area (Å²) in [4.78, 5) is 38.4. The van der Waals surface area contributed by atoms with Crippen molar-refractivity contribution in [1.29, 1.82) is 0 Å². The lowest BCUT2D eigenvalue weighted by Gasteiger charge is -2.13. The molecule has 6 heterocycles. The van der Waals surface area contributed by atoms with Crippen molar-refractivity contribution in [2.45, 2.75) is 66.2 Å². The zero-order chi connectivity index (χ0) is 42.9. The number of amides is 1. The minimum absolute atomic E-state index is 0.0140. The number of ether oxygens (including phenoxy) is 3. The summed E-state index contributed by atoms with van der Waals surface area (Å²) in [7, 11) is 1.36. The molecular formula is C43H43Cl2N9O5S2. The number of aliphatic imine (C=N–C) groups is 2. The molecule has 316 valence electrons. The van der Waals surface area contributed by atoms with Crippen molar-refractivity contribution in [1.82, 2.24) is 34.8 Å². The van der Waals surface area contributed by atoms with E-state index in [1.807, 2.05) is 78.4 Å². The number of aryl methyl sites for hydroxylation is 3. The van der Waals surface area contributed by atoms with E-state index in [-0.39, 0.29) is 18.7 Å². The van der Waals surface area contributed by atoms with Crippen LogP contribution in [-0.2, 0) is 30.4 Å². The first-order valence-corrected chi connectivity index (χ1v) is 22.1. The van der Waals surface area contributed by atoms with E-state index in [9.17, 15) is 9.59 Å². The SMILES string of the molecule is COC(=O)C[C@@H]1N=C(c2ccc(Cl)cc2)c2c(sc(COCCOCCNC(=O)C[C@@H]3N=C(c4ccc(Cl)cc4)c4c(sc(C)c4C)-n4c(C)nnc43)c2C)-n2c(C)nnc21. The number of nitrogens with zero attached hydrogens (tertiary/aromatic N) is 8. The second-order valence-corrected chi connectivity index (χ2v) is 17.8. The zero-order valence-corrected chi connectivity index (χ0v) is 37.6. The molecule has 2 aliphatic heterocycles. The standard InChI is InChI=1S/C43H43Cl2N9O5S2/c1-22-24(3)60-42-36(22)38(27-7-11-29(44)12-8-27)47-31(40-51-49-25(4)53(40)42)19-34(55)46-15-16-58-17-18-59-21-33-23(2)37-39(28-9-13-30(45)14-10-28)48-32(20-35(56)57-6)41-52-50-26(5)54(41)43(37)61-33/h7-14,31-32H,15-21H2,1-6H3,(H,46,55)/t31-,32-/m0/s1. The maximum Gasteiger partial charge on any atom is 0.308 e. The summed E-state index contributed by atoms with van der Waals surface area (Å²) in [5.41, 5.74) is 7.35. The van der Waals surface area contributed by atoms with Crippen molar-refractivity contribution in [3.05, 3.63) is 125 Å². The summed E-state index contributed by atoms with van der Waals surface area (Å²) in [6.07, 6.45) is 0.0993. The average Bonchev–Trinajstić information content (AvgIpc) is 3.94. The highest BCUT2D eigenvalue weighted by Crippen LogP contribution is 2.42. The first kappa shape index (κ1) is 42.6. The monoisotopic (exact) mass is 899 g/mol. The number of halogens is 2. The molecule has 1 amide bonds. The summed E-state index contributed by atoms with van der Waals surface area (Å²) >= 11 is 15.7. The lowest BCUT2D eigenvalue weighted by atomic mass is 9.99. The molecule has 1 N–H and O–H groups in total.